The molecule has 0 aromatic heterocycles. The molecule has 1 saturated heterocycles. The zero-order valence-corrected chi connectivity index (χ0v) is 12.3. The number of hydrogen-bond donors (Lipinski definition) is 1. The summed E-state index contributed by atoms with van der Waals surface area (Å²) in [5, 5.41) is 3.17. The molecule has 0 radical (unpaired) electrons. The highest BCUT2D eigenvalue weighted by atomic mass is 16.2. The van der Waals surface area contributed by atoms with Crippen LogP contribution in [0.5, 0.6) is 0 Å². The van der Waals surface area contributed by atoms with Gasteiger partial charge in [0.15, 0.2) is 0 Å². The lowest BCUT2D eigenvalue weighted by atomic mass is 9.89. The van der Waals surface area contributed by atoms with Crippen LogP contribution < -0.4 is 5.32 Å². The maximum Gasteiger partial charge on any atom is 0.240 e. The number of likely N-dealkylation sites (N-methyl/N-ethyl adjacent to an activating group) is 1. The number of amides is 1. The largest absolute Gasteiger partial charge is 0.331 e. The number of hydrogen-bond acceptors (Lipinski definition) is 2. The highest BCUT2D eigenvalue weighted by molar-refractivity contribution is 5.83. The molecule has 1 rings (SSSR count). The number of carbonyl (C=O) groups excluding carboxylic acids is 1. The summed E-state index contributed by atoms with van der Waals surface area (Å²) in [4.78, 5) is 14.8. The lowest BCUT2D eigenvalue weighted by Gasteiger charge is -2.48. The van der Waals surface area contributed by atoms with E-state index in [-0.39, 0.29) is 23.0 Å². The second-order valence-corrected chi connectivity index (χ2v) is 6.39. The molecule has 1 aliphatic rings. The molecule has 3 nitrogen and oxygen atoms in total. The standard InChI is InChI=1S/C14H28N2O/c1-7-13(2,3)16-12(17)11(15-6)9-8-10-14(16,4)5/h11,15H,7-10H2,1-6H3. The third kappa shape index (κ3) is 2.82. The number of nitrogens with zero attached hydrogens (tertiary/aromatic N) is 1. The molecule has 1 atom stereocenters. The number of carbonyl (C=O) groups is 1. The Hall–Kier alpha value is -0.570. The van der Waals surface area contributed by atoms with Gasteiger partial charge in [-0.15, -0.1) is 0 Å². The van der Waals surface area contributed by atoms with Gasteiger partial charge in [-0.25, -0.2) is 0 Å². The monoisotopic (exact) mass is 240 g/mol. The fraction of sp³-hybridized carbons (Fsp3) is 0.929. The van der Waals surface area contributed by atoms with Gasteiger partial charge < -0.3 is 10.2 Å². The van der Waals surface area contributed by atoms with Crippen LogP contribution >= 0.6 is 0 Å². The SMILES string of the molecule is CCC(C)(C)N1C(=O)C(NC)CCCC1(C)C. The van der Waals surface area contributed by atoms with Crippen LogP contribution in [0.2, 0.25) is 0 Å². The van der Waals surface area contributed by atoms with Gasteiger partial charge in [-0.05, 0) is 60.4 Å². The van der Waals surface area contributed by atoms with Crippen molar-refractivity contribution in [3.8, 4) is 0 Å². The lowest BCUT2D eigenvalue weighted by molar-refractivity contribution is -0.145. The Bertz CT molecular complexity index is 284. The molecule has 1 aliphatic heterocycles. The van der Waals surface area contributed by atoms with E-state index >= 15 is 0 Å². The Balaban J connectivity index is 3.11. The third-order valence-corrected chi connectivity index (χ3v) is 4.22. The molecule has 1 amide bonds. The smallest absolute Gasteiger partial charge is 0.240 e. The molecule has 17 heavy (non-hydrogen) atoms. The summed E-state index contributed by atoms with van der Waals surface area (Å²) in [7, 11) is 1.89. The minimum absolute atomic E-state index is 0.0115. The summed E-state index contributed by atoms with van der Waals surface area (Å²) in [6.07, 6.45) is 4.13. The molecule has 0 aromatic carbocycles. The zero-order chi connectivity index (χ0) is 13.3. The van der Waals surface area contributed by atoms with Crippen LogP contribution in [0.25, 0.3) is 0 Å². The van der Waals surface area contributed by atoms with Crippen LogP contribution in [0, 0.1) is 0 Å². The van der Waals surface area contributed by atoms with Gasteiger partial charge in [-0.2, -0.15) is 0 Å². The fourth-order valence-electron chi connectivity index (χ4n) is 2.97. The van der Waals surface area contributed by atoms with Crippen molar-refractivity contribution in [2.45, 2.75) is 77.4 Å². The van der Waals surface area contributed by atoms with Gasteiger partial charge >= 0.3 is 0 Å². The van der Waals surface area contributed by atoms with E-state index in [2.05, 4.69) is 44.8 Å². The molecule has 3 heteroatoms. The minimum atomic E-state index is -0.0694. The van der Waals surface area contributed by atoms with Gasteiger partial charge in [0.25, 0.3) is 0 Å². The maximum absolute atomic E-state index is 12.7. The van der Waals surface area contributed by atoms with E-state index in [0.29, 0.717) is 0 Å². The zero-order valence-electron chi connectivity index (χ0n) is 12.3. The minimum Gasteiger partial charge on any atom is -0.331 e. The Morgan fingerprint density at radius 1 is 1.47 bits per heavy atom. The molecular weight excluding hydrogens is 212 g/mol. The quantitative estimate of drug-likeness (QED) is 0.822. The first kappa shape index (κ1) is 14.5. The van der Waals surface area contributed by atoms with E-state index in [4.69, 9.17) is 0 Å². The van der Waals surface area contributed by atoms with Crippen molar-refractivity contribution in [2.24, 2.45) is 0 Å². The van der Waals surface area contributed by atoms with Gasteiger partial charge in [0.2, 0.25) is 5.91 Å². The van der Waals surface area contributed by atoms with Crippen molar-refractivity contribution < 1.29 is 4.79 Å². The van der Waals surface area contributed by atoms with E-state index in [9.17, 15) is 4.79 Å². The second-order valence-electron chi connectivity index (χ2n) is 6.39. The van der Waals surface area contributed by atoms with Crippen molar-refractivity contribution in [1.29, 1.82) is 0 Å². The molecular formula is C14H28N2O. The molecule has 100 valence electrons. The van der Waals surface area contributed by atoms with Gasteiger partial charge in [-0.1, -0.05) is 6.92 Å². The van der Waals surface area contributed by atoms with Crippen LogP contribution in [0.1, 0.15) is 60.3 Å². The highest BCUT2D eigenvalue weighted by Crippen LogP contribution is 2.35. The Morgan fingerprint density at radius 3 is 2.53 bits per heavy atom. The molecule has 1 fully saturated rings. The first-order chi connectivity index (χ1) is 7.76. The summed E-state index contributed by atoms with van der Waals surface area (Å²) in [6, 6.07) is -0.0115. The average molecular weight is 240 g/mol. The van der Waals surface area contributed by atoms with Gasteiger partial charge in [-0.3, -0.25) is 4.79 Å². The maximum atomic E-state index is 12.7. The van der Waals surface area contributed by atoms with Crippen molar-refractivity contribution in [3.63, 3.8) is 0 Å². The Morgan fingerprint density at radius 2 is 2.06 bits per heavy atom. The van der Waals surface area contributed by atoms with Gasteiger partial charge in [0.1, 0.15) is 0 Å². The average Bonchev–Trinajstić information content (AvgIpc) is 2.34. The number of rotatable bonds is 3. The molecule has 0 aliphatic carbocycles. The third-order valence-electron chi connectivity index (χ3n) is 4.22. The molecule has 1 heterocycles. The number of likely N-dealkylation sites (tertiary alicyclic amines) is 1. The van der Waals surface area contributed by atoms with Crippen molar-refractivity contribution in [2.75, 3.05) is 7.05 Å². The van der Waals surface area contributed by atoms with E-state index in [1.807, 2.05) is 7.05 Å². The van der Waals surface area contributed by atoms with E-state index in [1.165, 1.54) is 0 Å². The normalized spacial score (nSPS) is 25.9. The second kappa shape index (κ2) is 4.97. The first-order valence-corrected chi connectivity index (χ1v) is 6.77. The highest BCUT2D eigenvalue weighted by Gasteiger charge is 2.43. The predicted molar refractivity (Wildman–Crippen MR) is 72.0 cm³/mol. The lowest BCUT2D eigenvalue weighted by Crippen LogP contribution is -2.60. The van der Waals surface area contributed by atoms with Crippen LogP contribution in [0.4, 0.5) is 0 Å². The van der Waals surface area contributed by atoms with E-state index in [0.717, 1.165) is 25.7 Å². The fourth-order valence-corrected chi connectivity index (χ4v) is 2.97. The number of nitrogens with one attached hydrogen (secondary N) is 1. The van der Waals surface area contributed by atoms with Gasteiger partial charge in [0, 0.05) is 11.1 Å². The predicted octanol–water partition coefficient (Wildman–Crippen LogP) is 2.55. The summed E-state index contributed by atoms with van der Waals surface area (Å²) >= 11 is 0. The van der Waals surface area contributed by atoms with E-state index < -0.39 is 0 Å². The van der Waals surface area contributed by atoms with Crippen LogP contribution in [-0.2, 0) is 4.79 Å². The summed E-state index contributed by atoms with van der Waals surface area (Å²) in [5.74, 6) is 0.266. The molecule has 0 spiro atoms. The molecule has 0 saturated carbocycles. The Labute approximate surface area is 106 Å². The van der Waals surface area contributed by atoms with Crippen LogP contribution in [0.15, 0.2) is 0 Å². The van der Waals surface area contributed by atoms with Crippen LogP contribution in [0.3, 0.4) is 0 Å². The first-order valence-electron chi connectivity index (χ1n) is 6.77. The van der Waals surface area contributed by atoms with Gasteiger partial charge in [0.05, 0.1) is 6.04 Å². The van der Waals surface area contributed by atoms with Crippen molar-refractivity contribution >= 4 is 5.91 Å². The van der Waals surface area contributed by atoms with E-state index in [1.54, 1.807) is 0 Å². The topological polar surface area (TPSA) is 32.3 Å². The molecule has 0 bridgehead atoms. The summed E-state index contributed by atoms with van der Waals surface area (Å²) < 4.78 is 0. The van der Waals surface area contributed by atoms with Crippen LogP contribution in [-0.4, -0.2) is 35.0 Å². The molecule has 1 N–H and O–H groups in total. The Kier molecular flexibility index (Phi) is 4.23. The van der Waals surface area contributed by atoms with Crippen molar-refractivity contribution in [1.82, 2.24) is 10.2 Å². The summed E-state index contributed by atoms with van der Waals surface area (Å²) in [6.45, 7) is 10.9. The molecule has 0 aromatic rings. The van der Waals surface area contributed by atoms with Crippen molar-refractivity contribution in [3.05, 3.63) is 0 Å². The summed E-state index contributed by atoms with van der Waals surface area (Å²) in [5.41, 5.74) is -0.109. The molecule has 1 unspecified atom stereocenters.